The van der Waals surface area contributed by atoms with E-state index in [4.69, 9.17) is 0 Å². The summed E-state index contributed by atoms with van der Waals surface area (Å²) in [6, 6.07) is 8.75. The number of unbranched alkanes of at least 4 members (excludes halogenated alkanes) is 1. The third kappa shape index (κ3) is 6.13. The lowest BCUT2D eigenvalue weighted by Gasteiger charge is -2.11. The molecule has 0 aromatic heterocycles. The molecule has 1 nitrogen and oxygen atoms in total. The Bertz CT molecular complexity index is 310. The highest BCUT2D eigenvalue weighted by Gasteiger charge is 2.02. The molecule has 1 rings (SSSR count). The molecule has 0 radical (unpaired) electrons. The molecule has 1 aromatic rings. The van der Waals surface area contributed by atoms with Gasteiger partial charge in [-0.15, -0.1) is 11.8 Å². The van der Waals surface area contributed by atoms with Crippen molar-refractivity contribution in [1.29, 1.82) is 0 Å². The first kappa shape index (κ1) is 14.6. The smallest absolute Gasteiger partial charge is 0.0216 e. The Morgan fingerprint density at radius 2 is 2.00 bits per heavy atom. The number of rotatable bonds is 8. The van der Waals surface area contributed by atoms with E-state index in [1.807, 2.05) is 11.8 Å². The van der Waals surface area contributed by atoms with E-state index in [2.05, 4.69) is 50.4 Å². The van der Waals surface area contributed by atoms with Gasteiger partial charge >= 0.3 is 0 Å². The molecule has 0 heterocycles. The number of hydrogen-bond donors (Lipinski definition) is 1. The molecule has 2 heteroatoms. The molecule has 0 spiro atoms. The van der Waals surface area contributed by atoms with E-state index in [-0.39, 0.29) is 0 Å². The van der Waals surface area contributed by atoms with Gasteiger partial charge in [-0.2, -0.15) is 0 Å². The van der Waals surface area contributed by atoms with Crippen LogP contribution in [-0.4, -0.2) is 12.3 Å². The highest BCUT2D eigenvalue weighted by atomic mass is 32.2. The van der Waals surface area contributed by atoms with Gasteiger partial charge in [0.15, 0.2) is 0 Å². The van der Waals surface area contributed by atoms with Gasteiger partial charge in [0.25, 0.3) is 0 Å². The predicted molar refractivity (Wildman–Crippen MR) is 78.6 cm³/mol. The highest BCUT2D eigenvalue weighted by Crippen LogP contribution is 2.23. The molecule has 0 saturated carbocycles. The summed E-state index contributed by atoms with van der Waals surface area (Å²) in [4.78, 5) is 1.44. The van der Waals surface area contributed by atoms with Crippen molar-refractivity contribution in [1.82, 2.24) is 5.32 Å². The summed E-state index contributed by atoms with van der Waals surface area (Å²) in [5.41, 5.74) is 1.44. The molecule has 0 aliphatic rings. The molecule has 0 aliphatic heterocycles. The van der Waals surface area contributed by atoms with E-state index in [1.165, 1.54) is 29.1 Å². The van der Waals surface area contributed by atoms with Gasteiger partial charge in [-0.3, -0.25) is 0 Å². The Kier molecular flexibility index (Phi) is 7.38. The molecule has 0 fully saturated rings. The molecule has 0 aliphatic carbocycles. The topological polar surface area (TPSA) is 12.0 Å². The van der Waals surface area contributed by atoms with Crippen molar-refractivity contribution >= 4 is 11.8 Å². The Morgan fingerprint density at radius 3 is 2.71 bits per heavy atom. The summed E-state index contributed by atoms with van der Waals surface area (Å²) in [5, 5.41) is 3.52. The lowest BCUT2D eigenvalue weighted by atomic mass is 10.2. The average molecular weight is 251 g/mol. The van der Waals surface area contributed by atoms with Gasteiger partial charge in [-0.05, 0) is 36.3 Å². The molecule has 17 heavy (non-hydrogen) atoms. The van der Waals surface area contributed by atoms with Gasteiger partial charge in [-0.25, -0.2) is 0 Å². The molecular formula is C15H25NS. The molecule has 0 unspecified atom stereocenters. The van der Waals surface area contributed by atoms with Gasteiger partial charge in [-0.1, -0.05) is 45.4 Å². The monoisotopic (exact) mass is 251 g/mol. The van der Waals surface area contributed by atoms with E-state index in [0.717, 1.165) is 19.0 Å². The van der Waals surface area contributed by atoms with Crippen molar-refractivity contribution in [2.24, 2.45) is 5.92 Å². The largest absolute Gasteiger partial charge is 0.312 e. The van der Waals surface area contributed by atoms with Crippen molar-refractivity contribution in [3.8, 4) is 0 Å². The fourth-order valence-electron chi connectivity index (χ4n) is 1.61. The Hall–Kier alpha value is -0.470. The molecule has 0 bridgehead atoms. The summed E-state index contributed by atoms with van der Waals surface area (Å²) in [7, 11) is 0. The van der Waals surface area contributed by atoms with E-state index in [9.17, 15) is 0 Å². The van der Waals surface area contributed by atoms with Gasteiger partial charge in [0, 0.05) is 11.4 Å². The Balaban J connectivity index is 2.46. The summed E-state index contributed by atoms with van der Waals surface area (Å²) < 4.78 is 0. The van der Waals surface area contributed by atoms with Crippen LogP contribution in [0.1, 0.15) is 39.2 Å². The predicted octanol–water partition coefficient (Wildman–Crippen LogP) is 4.32. The number of hydrogen-bond acceptors (Lipinski definition) is 2. The quantitative estimate of drug-likeness (QED) is 0.545. The fraction of sp³-hybridized carbons (Fsp3) is 0.600. The lowest BCUT2D eigenvalue weighted by Crippen LogP contribution is -2.19. The lowest BCUT2D eigenvalue weighted by molar-refractivity contribution is 0.550. The first-order valence-electron chi connectivity index (χ1n) is 6.65. The zero-order valence-electron chi connectivity index (χ0n) is 11.3. The van der Waals surface area contributed by atoms with E-state index in [1.54, 1.807) is 0 Å². The van der Waals surface area contributed by atoms with E-state index >= 15 is 0 Å². The highest BCUT2D eigenvalue weighted by molar-refractivity contribution is 7.99. The van der Waals surface area contributed by atoms with Crippen LogP contribution in [0.25, 0.3) is 0 Å². The maximum atomic E-state index is 3.52. The maximum Gasteiger partial charge on any atom is 0.0216 e. The summed E-state index contributed by atoms with van der Waals surface area (Å²) in [6.07, 6.45) is 2.58. The molecule has 96 valence electrons. The minimum atomic E-state index is 0.718. The van der Waals surface area contributed by atoms with Crippen LogP contribution in [0.15, 0.2) is 29.2 Å². The maximum absolute atomic E-state index is 3.52. The third-order valence-corrected chi connectivity index (χ3v) is 3.80. The minimum absolute atomic E-state index is 0.718. The molecule has 0 saturated heterocycles. The molecule has 1 N–H and O–H groups in total. The van der Waals surface area contributed by atoms with E-state index in [0.29, 0.717) is 0 Å². The third-order valence-electron chi connectivity index (χ3n) is 2.60. The average Bonchev–Trinajstić information content (AvgIpc) is 2.31. The van der Waals surface area contributed by atoms with Gasteiger partial charge in [0.05, 0.1) is 0 Å². The van der Waals surface area contributed by atoms with Crippen molar-refractivity contribution in [2.75, 3.05) is 12.3 Å². The summed E-state index contributed by atoms with van der Waals surface area (Å²) in [6.45, 7) is 8.82. The Labute approximate surface area is 110 Å². The second kappa shape index (κ2) is 8.60. The number of nitrogens with one attached hydrogen (secondary N) is 1. The van der Waals surface area contributed by atoms with Crippen LogP contribution in [0, 0.1) is 5.92 Å². The van der Waals surface area contributed by atoms with Crippen LogP contribution in [-0.2, 0) is 6.54 Å². The van der Waals surface area contributed by atoms with Crippen molar-refractivity contribution in [3.05, 3.63) is 29.8 Å². The SMILES string of the molecule is CCCCSc1ccccc1CNCC(C)C. The zero-order valence-corrected chi connectivity index (χ0v) is 12.1. The van der Waals surface area contributed by atoms with Crippen LogP contribution in [0.5, 0.6) is 0 Å². The summed E-state index contributed by atoms with van der Waals surface area (Å²) >= 11 is 1.99. The number of thioether (sulfide) groups is 1. The van der Waals surface area contributed by atoms with Crippen molar-refractivity contribution in [2.45, 2.75) is 45.1 Å². The van der Waals surface area contributed by atoms with Gasteiger partial charge in [0.1, 0.15) is 0 Å². The van der Waals surface area contributed by atoms with Crippen molar-refractivity contribution in [3.63, 3.8) is 0 Å². The van der Waals surface area contributed by atoms with E-state index < -0.39 is 0 Å². The standard InChI is InChI=1S/C15H25NS/c1-4-5-10-17-15-9-7-6-8-14(15)12-16-11-13(2)3/h6-9,13,16H,4-5,10-12H2,1-3H3. The van der Waals surface area contributed by atoms with Crippen LogP contribution in [0.2, 0.25) is 0 Å². The first-order valence-corrected chi connectivity index (χ1v) is 7.64. The van der Waals surface area contributed by atoms with Crippen LogP contribution in [0.3, 0.4) is 0 Å². The molecule has 0 atom stereocenters. The van der Waals surface area contributed by atoms with Gasteiger partial charge < -0.3 is 5.32 Å². The Morgan fingerprint density at radius 1 is 1.24 bits per heavy atom. The molecular weight excluding hydrogens is 226 g/mol. The molecule has 0 amide bonds. The summed E-state index contributed by atoms with van der Waals surface area (Å²) in [5.74, 6) is 1.95. The first-order chi connectivity index (χ1) is 8.24. The number of benzene rings is 1. The van der Waals surface area contributed by atoms with Crippen LogP contribution in [0.4, 0.5) is 0 Å². The van der Waals surface area contributed by atoms with Crippen molar-refractivity contribution < 1.29 is 0 Å². The zero-order chi connectivity index (χ0) is 12.5. The minimum Gasteiger partial charge on any atom is -0.312 e. The fourth-order valence-corrected chi connectivity index (χ4v) is 2.77. The molecule has 1 aromatic carbocycles. The van der Waals surface area contributed by atoms with Crippen LogP contribution >= 0.6 is 11.8 Å². The normalized spacial score (nSPS) is 11.1. The second-order valence-electron chi connectivity index (χ2n) is 4.83. The van der Waals surface area contributed by atoms with Gasteiger partial charge in [0.2, 0.25) is 0 Å². The van der Waals surface area contributed by atoms with Crippen LogP contribution < -0.4 is 5.32 Å². The second-order valence-corrected chi connectivity index (χ2v) is 5.97.